The minimum atomic E-state index is -0.448. The van der Waals surface area contributed by atoms with Crippen molar-refractivity contribution in [2.24, 2.45) is 0 Å². The molecule has 2 aliphatic rings. The lowest BCUT2D eigenvalue weighted by Gasteiger charge is -2.13. The summed E-state index contributed by atoms with van der Waals surface area (Å²) in [4.78, 5) is 31.6. The summed E-state index contributed by atoms with van der Waals surface area (Å²) in [6, 6.07) is 19.3. The highest BCUT2D eigenvalue weighted by Crippen LogP contribution is 2.29. The number of fused-ring (bicyclic) bond motifs is 1. The number of aromatic nitrogens is 3. The number of aromatic amines is 1. The van der Waals surface area contributed by atoms with E-state index in [9.17, 15) is 14.9 Å². The van der Waals surface area contributed by atoms with Gasteiger partial charge in [-0.2, -0.15) is 0 Å². The van der Waals surface area contributed by atoms with Crippen LogP contribution in [0.15, 0.2) is 88.4 Å². The maximum absolute atomic E-state index is 13.1. The van der Waals surface area contributed by atoms with E-state index in [0.717, 1.165) is 11.3 Å². The average molecular weight is 412 g/mol. The summed E-state index contributed by atoms with van der Waals surface area (Å²) in [5.41, 5.74) is 3.01. The lowest BCUT2D eigenvalue weighted by molar-refractivity contribution is -0.384. The van der Waals surface area contributed by atoms with E-state index in [1.165, 1.54) is 16.7 Å². The molecule has 152 valence electrons. The predicted octanol–water partition coefficient (Wildman–Crippen LogP) is 4.42. The van der Waals surface area contributed by atoms with Crippen LogP contribution < -0.4 is 5.56 Å². The molecule has 0 bridgehead atoms. The fraction of sp³-hybridized carbons (Fsp3) is 0.0435. The normalized spacial score (nSPS) is 11.1. The molecule has 0 aliphatic carbocycles. The third kappa shape index (κ3) is 3.40. The van der Waals surface area contributed by atoms with Gasteiger partial charge in [-0.25, -0.2) is 4.98 Å². The highest BCUT2D eigenvalue weighted by atomic mass is 16.6. The summed E-state index contributed by atoms with van der Waals surface area (Å²) in [5.74, 6) is 1.09. The van der Waals surface area contributed by atoms with Gasteiger partial charge in [0.25, 0.3) is 11.2 Å². The number of nitro groups is 1. The molecule has 3 aromatic rings. The van der Waals surface area contributed by atoms with Crippen molar-refractivity contribution < 1.29 is 9.34 Å². The molecule has 0 amide bonds. The number of nitro benzene ring substituents is 1. The maximum atomic E-state index is 13.1. The number of H-pyrrole nitrogens is 1. The van der Waals surface area contributed by atoms with E-state index in [4.69, 9.17) is 4.42 Å². The molecule has 0 saturated heterocycles. The van der Waals surface area contributed by atoms with Gasteiger partial charge < -0.3 is 9.40 Å². The van der Waals surface area contributed by atoms with Gasteiger partial charge in [0, 0.05) is 23.9 Å². The molecule has 2 aliphatic heterocycles. The Morgan fingerprint density at radius 1 is 1.00 bits per heavy atom. The Kier molecular flexibility index (Phi) is 4.44. The largest absolute Gasteiger partial charge is 0.469 e. The second-order valence-corrected chi connectivity index (χ2v) is 7.03. The highest BCUT2D eigenvalue weighted by Gasteiger charge is 2.22. The standard InChI is InChI=1S/C23H16N4O4/c28-23-19(13-18-7-4-12-31-18)25-22-21(16-8-10-17(11-9-16)27(29)30)24-20(14-26(22)23)15-5-2-1-3-6-15/h1-12,14,24H,13H2. The molecule has 5 rings (SSSR count). The monoisotopic (exact) mass is 412 g/mol. The third-order valence-corrected chi connectivity index (χ3v) is 5.05. The van der Waals surface area contributed by atoms with Crippen LogP contribution in [0.4, 0.5) is 5.69 Å². The number of nitrogens with one attached hydrogen (secondary N) is 1. The van der Waals surface area contributed by atoms with Crippen molar-refractivity contribution in [1.29, 1.82) is 0 Å². The van der Waals surface area contributed by atoms with Crippen LogP contribution in [0.3, 0.4) is 0 Å². The fourth-order valence-corrected chi connectivity index (χ4v) is 3.52. The van der Waals surface area contributed by atoms with Crippen LogP contribution in [0.1, 0.15) is 11.5 Å². The molecule has 0 saturated carbocycles. The van der Waals surface area contributed by atoms with Gasteiger partial charge in [-0.3, -0.25) is 19.5 Å². The molecule has 0 radical (unpaired) electrons. The summed E-state index contributed by atoms with van der Waals surface area (Å²) in [7, 11) is 0. The first kappa shape index (κ1) is 18.6. The van der Waals surface area contributed by atoms with Crippen molar-refractivity contribution in [3.63, 3.8) is 0 Å². The van der Waals surface area contributed by atoms with Gasteiger partial charge in [-0.1, -0.05) is 30.3 Å². The Labute approximate surface area is 175 Å². The number of nitrogens with zero attached hydrogens (tertiary/aromatic N) is 3. The Bertz CT molecular complexity index is 1380. The van der Waals surface area contributed by atoms with Crippen LogP contribution in [0.2, 0.25) is 0 Å². The summed E-state index contributed by atoms with van der Waals surface area (Å²) < 4.78 is 6.88. The van der Waals surface area contributed by atoms with Crippen molar-refractivity contribution in [2.75, 3.05) is 0 Å². The fourth-order valence-electron chi connectivity index (χ4n) is 3.52. The molecule has 2 aromatic carbocycles. The van der Waals surface area contributed by atoms with E-state index in [0.29, 0.717) is 28.5 Å². The van der Waals surface area contributed by atoms with E-state index < -0.39 is 4.92 Å². The van der Waals surface area contributed by atoms with Crippen molar-refractivity contribution in [2.45, 2.75) is 6.42 Å². The van der Waals surface area contributed by atoms with E-state index in [2.05, 4.69) is 9.97 Å². The van der Waals surface area contributed by atoms with Gasteiger partial charge >= 0.3 is 0 Å². The molecule has 0 unspecified atom stereocenters. The maximum Gasteiger partial charge on any atom is 0.278 e. The topological polar surface area (TPSA) is 107 Å². The molecule has 0 spiro atoms. The summed E-state index contributed by atoms with van der Waals surface area (Å²) in [5, 5.41) is 11.0. The Morgan fingerprint density at radius 2 is 1.77 bits per heavy atom. The molecular weight excluding hydrogens is 396 g/mol. The zero-order valence-corrected chi connectivity index (χ0v) is 16.2. The number of imidazole rings is 1. The summed E-state index contributed by atoms with van der Waals surface area (Å²) in [6.45, 7) is 0. The van der Waals surface area contributed by atoms with Gasteiger partial charge in [0.1, 0.15) is 11.5 Å². The first-order chi connectivity index (χ1) is 15.1. The van der Waals surface area contributed by atoms with Gasteiger partial charge in [-0.05, 0) is 29.8 Å². The SMILES string of the molecule is O=c1c(Cc2ccco2)nc2c(-c3ccc([N+](=O)[O-])cc3)[nH]c(-c3ccccc3)cn1-2. The molecular formula is C23H16N4O4. The minimum absolute atomic E-state index is 0.00894. The first-order valence-electron chi connectivity index (χ1n) is 9.57. The van der Waals surface area contributed by atoms with Crippen molar-refractivity contribution in [3.05, 3.63) is 111 Å². The van der Waals surface area contributed by atoms with Crippen LogP contribution in [0, 0.1) is 10.1 Å². The van der Waals surface area contributed by atoms with Crippen LogP contribution in [-0.4, -0.2) is 19.5 Å². The number of benzene rings is 2. The Hall–Kier alpha value is -4.46. The molecule has 31 heavy (non-hydrogen) atoms. The van der Waals surface area contributed by atoms with Crippen LogP contribution >= 0.6 is 0 Å². The van der Waals surface area contributed by atoms with Crippen LogP contribution in [0.25, 0.3) is 28.3 Å². The van der Waals surface area contributed by atoms with E-state index in [-0.39, 0.29) is 17.7 Å². The molecule has 8 heteroatoms. The quantitative estimate of drug-likeness (QED) is 0.340. The summed E-state index contributed by atoms with van der Waals surface area (Å²) >= 11 is 0. The number of hydrogen-bond donors (Lipinski definition) is 1. The van der Waals surface area contributed by atoms with Crippen molar-refractivity contribution in [1.82, 2.24) is 14.5 Å². The van der Waals surface area contributed by atoms with Gasteiger partial charge in [0.15, 0.2) is 5.82 Å². The molecule has 0 fully saturated rings. The zero-order valence-electron chi connectivity index (χ0n) is 16.2. The van der Waals surface area contributed by atoms with Crippen LogP contribution in [-0.2, 0) is 6.42 Å². The first-order valence-corrected chi connectivity index (χ1v) is 9.57. The Morgan fingerprint density at radius 3 is 2.45 bits per heavy atom. The van der Waals surface area contributed by atoms with E-state index in [1.54, 1.807) is 36.7 Å². The lowest BCUT2D eigenvalue weighted by Crippen LogP contribution is -2.16. The van der Waals surface area contributed by atoms with Gasteiger partial charge in [0.05, 0.1) is 29.0 Å². The number of hydrogen-bond acceptors (Lipinski definition) is 5. The second-order valence-electron chi connectivity index (χ2n) is 7.03. The second kappa shape index (κ2) is 7.42. The molecule has 0 atom stereocenters. The Balaban J connectivity index is 1.71. The molecule has 1 aromatic heterocycles. The average Bonchev–Trinajstić information content (AvgIpc) is 3.42. The van der Waals surface area contributed by atoms with Gasteiger partial charge in [0.2, 0.25) is 0 Å². The number of rotatable bonds is 5. The molecule has 1 N–H and O–H groups in total. The minimum Gasteiger partial charge on any atom is -0.469 e. The molecule has 8 nitrogen and oxygen atoms in total. The predicted molar refractivity (Wildman–Crippen MR) is 114 cm³/mol. The lowest BCUT2D eigenvalue weighted by atomic mass is 10.1. The smallest absolute Gasteiger partial charge is 0.278 e. The van der Waals surface area contributed by atoms with E-state index in [1.807, 2.05) is 30.3 Å². The van der Waals surface area contributed by atoms with Crippen molar-refractivity contribution in [3.8, 4) is 28.3 Å². The summed E-state index contributed by atoms with van der Waals surface area (Å²) in [6.07, 6.45) is 3.55. The van der Waals surface area contributed by atoms with Gasteiger partial charge in [-0.15, -0.1) is 0 Å². The molecule has 3 heterocycles. The zero-order chi connectivity index (χ0) is 21.4. The van der Waals surface area contributed by atoms with E-state index >= 15 is 0 Å². The third-order valence-electron chi connectivity index (χ3n) is 5.05. The van der Waals surface area contributed by atoms with Crippen molar-refractivity contribution >= 4 is 5.69 Å². The highest BCUT2D eigenvalue weighted by molar-refractivity contribution is 5.72. The van der Waals surface area contributed by atoms with Crippen LogP contribution in [0.5, 0.6) is 0 Å². The number of furan rings is 1. The number of non-ortho nitro benzene ring substituents is 1.